The summed E-state index contributed by atoms with van der Waals surface area (Å²) < 4.78 is 42.2. The zero-order chi connectivity index (χ0) is 17.7. The number of nitrogens with one attached hydrogen (secondary N) is 2. The fraction of sp³-hybridized carbons (Fsp3) is 0.462. The first-order valence-electron chi connectivity index (χ1n) is 6.51. The number of aromatic nitrogens is 1. The van der Waals surface area contributed by atoms with Gasteiger partial charge in [-0.15, -0.1) is 0 Å². The first-order chi connectivity index (χ1) is 10.6. The average molecular weight is 335 g/mol. The van der Waals surface area contributed by atoms with Crippen LogP contribution >= 0.6 is 0 Å². The number of esters is 1. The Bertz CT molecular complexity index is 576. The van der Waals surface area contributed by atoms with Crippen molar-refractivity contribution in [1.82, 2.24) is 15.8 Å². The van der Waals surface area contributed by atoms with Crippen molar-refractivity contribution in [3.8, 4) is 5.75 Å². The molecule has 2 amide bonds. The smallest absolute Gasteiger partial charge is 0.433 e. The van der Waals surface area contributed by atoms with Crippen LogP contribution in [0.5, 0.6) is 5.75 Å². The average Bonchev–Trinajstić information content (AvgIpc) is 2.44. The molecule has 1 rings (SSSR count). The second-order valence-electron chi connectivity index (χ2n) is 4.88. The van der Waals surface area contributed by atoms with E-state index in [-0.39, 0.29) is 12.4 Å². The van der Waals surface area contributed by atoms with Crippen LogP contribution in [0.15, 0.2) is 18.3 Å². The van der Waals surface area contributed by atoms with Gasteiger partial charge in [0.1, 0.15) is 11.2 Å². The van der Waals surface area contributed by atoms with Gasteiger partial charge in [-0.2, -0.15) is 18.7 Å². The Hall–Kier alpha value is -2.52. The molecule has 0 aliphatic heterocycles. The van der Waals surface area contributed by atoms with Gasteiger partial charge in [0.05, 0.1) is 6.61 Å². The number of alkyl halides is 3. The lowest BCUT2D eigenvalue weighted by molar-refractivity contribution is -0.149. The maximum absolute atomic E-state index is 12.5. The van der Waals surface area contributed by atoms with Gasteiger partial charge < -0.3 is 14.9 Å². The van der Waals surface area contributed by atoms with Gasteiger partial charge >= 0.3 is 18.2 Å². The molecule has 7 nitrogen and oxygen atoms in total. The summed E-state index contributed by atoms with van der Waals surface area (Å²) >= 11 is 0. The Morgan fingerprint density at radius 1 is 1.30 bits per heavy atom. The third-order valence-electron chi connectivity index (χ3n) is 2.50. The number of ether oxygens (including phenoxy) is 1. The highest BCUT2D eigenvalue weighted by atomic mass is 19.4. The van der Waals surface area contributed by atoms with E-state index in [0.29, 0.717) is 6.07 Å². The molecule has 0 fully saturated rings. The number of pyridine rings is 1. The molecule has 0 radical (unpaired) electrons. The highest BCUT2D eigenvalue weighted by Gasteiger charge is 2.33. The summed E-state index contributed by atoms with van der Waals surface area (Å²) in [5.74, 6) is -0.935. The fourth-order valence-corrected chi connectivity index (χ4v) is 1.41. The molecule has 0 bridgehead atoms. The summed E-state index contributed by atoms with van der Waals surface area (Å²) in [6, 6.07) is 0.830. The number of rotatable bonds is 5. The molecule has 1 heterocycles. The van der Waals surface area contributed by atoms with Crippen LogP contribution in [-0.2, 0) is 15.7 Å². The van der Waals surface area contributed by atoms with Crippen LogP contribution < -0.4 is 15.6 Å². The zero-order valence-corrected chi connectivity index (χ0v) is 12.7. The van der Waals surface area contributed by atoms with Gasteiger partial charge in [-0.25, -0.2) is 9.59 Å². The van der Waals surface area contributed by atoms with E-state index >= 15 is 0 Å². The number of hydrogen-bond donors (Lipinski definition) is 2. The third kappa shape index (κ3) is 5.64. The second-order valence-corrected chi connectivity index (χ2v) is 4.88. The number of nitrogens with zero attached hydrogens (tertiary/aromatic N) is 1. The molecule has 0 unspecified atom stereocenters. The fourth-order valence-electron chi connectivity index (χ4n) is 1.41. The Balaban J connectivity index is 2.62. The van der Waals surface area contributed by atoms with E-state index in [1.165, 1.54) is 13.8 Å². The number of hydroxylamine groups is 1. The number of halogens is 3. The molecule has 0 spiro atoms. The molecule has 0 saturated carbocycles. The SMILES string of the molecule is CCOC(=O)C(C)(C)NC(=O)NOc1ccnc(C(F)(F)F)c1. The predicted molar refractivity (Wildman–Crippen MR) is 72.2 cm³/mol. The van der Waals surface area contributed by atoms with Crippen LogP contribution in [0.3, 0.4) is 0 Å². The predicted octanol–water partition coefficient (Wildman–Crippen LogP) is 2.04. The minimum atomic E-state index is -4.63. The first kappa shape index (κ1) is 18.5. The van der Waals surface area contributed by atoms with Crippen molar-refractivity contribution in [2.24, 2.45) is 0 Å². The molecule has 0 aliphatic carbocycles. The third-order valence-corrected chi connectivity index (χ3v) is 2.50. The topological polar surface area (TPSA) is 89.5 Å². The van der Waals surface area contributed by atoms with Crippen LogP contribution in [0, 0.1) is 0 Å². The monoisotopic (exact) mass is 335 g/mol. The maximum atomic E-state index is 12.5. The minimum Gasteiger partial charge on any atom is -0.464 e. The number of carbonyl (C=O) groups excluding carboxylic acids is 2. The lowest BCUT2D eigenvalue weighted by Crippen LogP contribution is -2.54. The summed E-state index contributed by atoms with van der Waals surface area (Å²) in [5, 5.41) is 2.27. The molecule has 128 valence electrons. The second kappa shape index (κ2) is 7.16. The summed E-state index contributed by atoms with van der Waals surface area (Å²) in [5.41, 5.74) is -0.620. The van der Waals surface area contributed by atoms with Crippen LogP contribution in [0.2, 0.25) is 0 Å². The van der Waals surface area contributed by atoms with Gasteiger partial charge in [0.2, 0.25) is 0 Å². The highest BCUT2D eigenvalue weighted by molar-refractivity contribution is 5.86. The van der Waals surface area contributed by atoms with Crippen molar-refractivity contribution in [2.45, 2.75) is 32.5 Å². The number of hydrogen-bond acceptors (Lipinski definition) is 5. The Morgan fingerprint density at radius 3 is 2.52 bits per heavy atom. The van der Waals surface area contributed by atoms with Gasteiger partial charge in [0.15, 0.2) is 5.75 Å². The largest absolute Gasteiger partial charge is 0.464 e. The lowest BCUT2D eigenvalue weighted by Gasteiger charge is -2.23. The van der Waals surface area contributed by atoms with E-state index in [0.717, 1.165) is 12.3 Å². The zero-order valence-electron chi connectivity index (χ0n) is 12.7. The van der Waals surface area contributed by atoms with Crippen molar-refractivity contribution in [3.05, 3.63) is 24.0 Å². The Kier molecular flexibility index (Phi) is 5.77. The lowest BCUT2D eigenvalue weighted by atomic mass is 10.1. The number of amides is 2. The summed E-state index contributed by atoms with van der Waals surface area (Å²) in [6.07, 6.45) is -3.74. The molecule has 2 N–H and O–H groups in total. The molecule has 10 heteroatoms. The van der Waals surface area contributed by atoms with Crippen molar-refractivity contribution in [1.29, 1.82) is 0 Å². The summed E-state index contributed by atoms with van der Waals surface area (Å²) in [7, 11) is 0. The van der Waals surface area contributed by atoms with Gasteiger partial charge in [-0.3, -0.25) is 4.98 Å². The van der Waals surface area contributed by atoms with E-state index in [9.17, 15) is 22.8 Å². The molecule has 0 atom stereocenters. The molecule has 0 saturated heterocycles. The van der Waals surface area contributed by atoms with E-state index < -0.39 is 29.4 Å². The van der Waals surface area contributed by atoms with Crippen molar-refractivity contribution in [2.75, 3.05) is 6.61 Å². The minimum absolute atomic E-state index is 0.138. The number of urea groups is 1. The first-order valence-corrected chi connectivity index (χ1v) is 6.51. The molecule has 0 aliphatic rings. The molecule has 23 heavy (non-hydrogen) atoms. The van der Waals surface area contributed by atoms with Gasteiger partial charge in [-0.05, 0) is 20.8 Å². The standard InChI is InChI=1S/C13H16F3N3O4/c1-4-22-10(20)12(2,3)18-11(21)19-23-8-5-6-17-9(7-8)13(14,15)16/h5-7H,4H2,1-3H3,(H2,18,19,21). The molecule has 1 aromatic rings. The van der Waals surface area contributed by atoms with Crippen molar-refractivity contribution >= 4 is 12.0 Å². The Morgan fingerprint density at radius 2 is 1.96 bits per heavy atom. The normalized spacial score (nSPS) is 11.6. The molecule has 1 aromatic heterocycles. The summed E-state index contributed by atoms with van der Waals surface area (Å²) in [6.45, 7) is 4.55. The van der Waals surface area contributed by atoms with Crippen molar-refractivity contribution in [3.63, 3.8) is 0 Å². The van der Waals surface area contributed by atoms with E-state index in [4.69, 9.17) is 9.57 Å². The maximum Gasteiger partial charge on any atom is 0.433 e. The van der Waals surface area contributed by atoms with Crippen LogP contribution in [0.4, 0.5) is 18.0 Å². The van der Waals surface area contributed by atoms with Gasteiger partial charge in [0, 0.05) is 18.3 Å². The summed E-state index contributed by atoms with van der Waals surface area (Å²) in [4.78, 5) is 31.1. The van der Waals surface area contributed by atoms with E-state index in [1.54, 1.807) is 6.92 Å². The van der Waals surface area contributed by atoms with E-state index in [1.807, 2.05) is 5.48 Å². The quantitative estimate of drug-likeness (QED) is 0.635. The van der Waals surface area contributed by atoms with Crippen LogP contribution in [0.1, 0.15) is 26.5 Å². The van der Waals surface area contributed by atoms with Gasteiger partial charge in [-0.1, -0.05) is 0 Å². The number of carbonyl (C=O) groups is 2. The molecular weight excluding hydrogens is 319 g/mol. The molecular formula is C13H16F3N3O4. The molecule has 0 aromatic carbocycles. The van der Waals surface area contributed by atoms with Crippen LogP contribution in [0.25, 0.3) is 0 Å². The highest BCUT2D eigenvalue weighted by Crippen LogP contribution is 2.29. The van der Waals surface area contributed by atoms with Gasteiger partial charge in [0.25, 0.3) is 0 Å². The van der Waals surface area contributed by atoms with Crippen LogP contribution in [-0.4, -0.2) is 29.1 Å². The van der Waals surface area contributed by atoms with E-state index in [2.05, 4.69) is 10.3 Å². The Labute approximate surface area is 130 Å². The van der Waals surface area contributed by atoms with Crippen molar-refractivity contribution < 1.29 is 32.3 Å².